The van der Waals surface area contributed by atoms with Crippen molar-refractivity contribution in [3.8, 4) is 0 Å². The molecule has 8 heteroatoms. The summed E-state index contributed by atoms with van der Waals surface area (Å²) in [6.45, 7) is 2.39. The van der Waals surface area contributed by atoms with E-state index >= 15 is 0 Å². The first-order valence-corrected chi connectivity index (χ1v) is 8.57. The number of benzene rings is 1. The zero-order valence-corrected chi connectivity index (χ0v) is 13.9. The van der Waals surface area contributed by atoms with Crippen molar-refractivity contribution < 1.29 is 14.5 Å². The predicted molar refractivity (Wildman–Crippen MR) is 91.0 cm³/mol. The van der Waals surface area contributed by atoms with E-state index in [0.29, 0.717) is 28.0 Å². The van der Waals surface area contributed by atoms with Crippen molar-refractivity contribution >= 4 is 46.9 Å². The zero-order chi connectivity index (χ0) is 15.7. The smallest absolute Gasteiger partial charge is 0.423 e. The average Bonchev–Trinajstić information content (AvgIpc) is 2.87. The number of carbonyl (C=O) groups is 1. The minimum absolute atomic E-state index is 0.107. The molecule has 2 heterocycles. The summed E-state index contributed by atoms with van der Waals surface area (Å²) in [5.74, 6) is 0. The highest BCUT2D eigenvalue weighted by molar-refractivity contribution is 8.14. The van der Waals surface area contributed by atoms with Crippen LogP contribution in [0.25, 0.3) is 0 Å². The van der Waals surface area contributed by atoms with Crippen LogP contribution in [-0.4, -0.2) is 47.7 Å². The largest absolute Gasteiger partial charge is 0.493 e. The number of rotatable bonds is 2. The van der Waals surface area contributed by atoms with Gasteiger partial charge in [-0.15, -0.1) is 0 Å². The third-order valence-corrected chi connectivity index (χ3v) is 5.62. The summed E-state index contributed by atoms with van der Waals surface area (Å²) < 4.78 is 5.14. The highest BCUT2D eigenvalue weighted by Crippen LogP contribution is 2.28. The van der Waals surface area contributed by atoms with Crippen molar-refractivity contribution in [2.24, 2.45) is 0 Å². The van der Waals surface area contributed by atoms with Gasteiger partial charge in [-0.25, -0.2) is 0 Å². The van der Waals surface area contributed by atoms with Gasteiger partial charge in [0.25, 0.3) is 5.24 Å². The van der Waals surface area contributed by atoms with E-state index in [1.54, 1.807) is 6.07 Å². The van der Waals surface area contributed by atoms with Crippen LogP contribution in [0.4, 0.5) is 10.5 Å². The average molecular weight is 341 g/mol. The molecule has 0 atom stereocenters. The van der Waals surface area contributed by atoms with Crippen LogP contribution in [0.15, 0.2) is 12.1 Å². The van der Waals surface area contributed by atoms with Crippen LogP contribution in [-0.2, 0) is 11.3 Å². The second-order valence-electron chi connectivity index (χ2n) is 5.70. The number of nitrogens with one attached hydrogen (secondary N) is 1. The molecule has 1 saturated heterocycles. The molecule has 3 rings (SSSR count). The number of likely N-dealkylation sites (tertiary alicyclic amines) is 1. The molecular weight excluding hydrogens is 322 g/mol. The number of hydrogen-bond acceptors (Lipinski definition) is 5. The number of amides is 1. The Kier molecular flexibility index (Phi) is 4.99. The molecule has 2 aliphatic heterocycles. The van der Waals surface area contributed by atoms with Crippen molar-refractivity contribution in [2.45, 2.75) is 24.7 Å². The highest BCUT2D eigenvalue weighted by Gasteiger charge is 2.31. The molecule has 5 nitrogen and oxygen atoms in total. The molecule has 118 valence electrons. The van der Waals surface area contributed by atoms with Crippen LogP contribution in [0.5, 0.6) is 0 Å². The van der Waals surface area contributed by atoms with Gasteiger partial charge in [-0.2, -0.15) is 0 Å². The monoisotopic (exact) mass is 340 g/mol. The van der Waals surface area contributed by atoms with E-state index in [-0.39, 0.29) is 5.24 Å². The third-order valence-electron chi connectivity index (χ3n) is 4.09. The van der Waals surface area contributed by atoms with Gasteiger partial charge in [0.05, 0.1) is 17.3 Å². The standard InChI is InChI=1S/C14H18BClN2O3S/c1-18-6-4-10(5-7-18)22-14(19)17-11-3-2-9-8-21-15(20)12(9)13(11)16/h2-3,10,20H,4-8H2,1H3,(H,17,19). The fourth-order valence-corrected chi connectivity index (χ4v) is 4.01. The Morgan fingerprint density at radius 2 is 2.23 bits per heavy atom. The lowest BCUT2D eigenvalue weighted by molar-refractivity contribution is 0.267. The number of nitrogens with zero attached hydrogens (tertiary/aromatic N) is 1. The van der Waals surface area contributed by atoms with Gasteiger partial charge in [-0.05, 0) is 44.6 Å². The fraction of sp³-hybridized carbons (Fsp3) is 0.500. The maximum atomic E-state index is 12.2. The lowest BCUT2D eigenvalue weighted by Crippen LogP contribution is -2.32. The Balaban J connectivity index is 1.64. The highest BCUT2D eigenvalue weighted by atomic mass is 35.5. The lowest BCUT2D eigenvalue weighted by atomic mass is 9.79. The van der Waals surface area contributed by atoms with Crippen molar-refractivity contribution in [1.29, 1.82) is 0 Å². The topological polar surface area (TPSA) is 61.8 Å². The van der Waals surface area contributed by atoms with Gasteiger partial charge in [0, 0.05) is 10.7 Å². The van der Waals surface area contributed by atoms with E-state index in [1.165, 1.54) is 11.8 Å². The molecule has 0 spiro atoms. The molecule has 0 unspecified atom stereocenters. The van der Waals surface area contributed by atoms with E-state index < -0.39 is 7.12 Å². The Morgan fingerprint density at radius 1 is 1.50 bits per heavy atom. The van der Waals surface area contributed by atoms with Crippen LogP contribution in [0.3, 0.4) is 0 Å². The Morgan fingerprint density at radius 3 is 2.95 bits per heavy atom. The van der Waals surface area contributed by atoms with E-state index in [9.17, 15) is 9.82 Å². The predicted octanol–water partition coefficient (Wildman–Crippen LogP) is 1.92. The summed E-state index contributed by atoms with van der Waals surface area (Å²) in [7, 11) is 1.08. The molecule has 0 saturated carbocycles. The van der Waals surface area contributed by atoms with E-state index in [1.807, 2.05) is 6.07 Å². The van der Waals surface area contributed by atoms with Crippen molar-refractivity contribution in [3.63, 3.8) is 0 Å². The number of fused-ring (bicyclic) bond motifs is 1. The SMILES string of the molecule is CN1CCC(SC(=O)Nc2ccc3c(c2Cl)B(O)OC3)CC1. The van der Waals surface area contributed by atoms with E-state index in [0.717, 1.165) is 31.5 Å². The van der Waals surface area contributed by atoms with Gasteiger partial charge in [0.2, 0.25) is 0 Å². The minimum Gasteiger partial charge on any atom is -0.423 e. The van der Waals surface area contributed by atoms with Gasteiger partial charge < -0.3 is 19.9 Å². The molecule has 0 radical (unpaired) electrons. The van der Waals surface area contributed by atoms with Gasteiger partial charge >= 0.3 is 7.12 Å². The number of thioether (sulfide) groups is 1. The number of halogens is 1. The number of anilines is 1. The molecule has 2 aliphatic rings. The van der Waals surface area contributed by atoms with Gasteiger partial charge in [-0.3, -0.25) is 4.79 Å². The minimum atomic E-state index is -1.01. The molecule has 0 aromatic heterocycles. The summed E-state index contributed by atoms with van der Waals surface area (Å²) in [5.41, 5.74) is 1.94. The van der Waals surface area contributed by atoms with Gasteiger partial charge in [0.15, 0.2) is 0 Å². The second-order valence-corrected chi connectivity index (χ2v) is 7.35. The molecular formula is C14H18BClN2O3S. The molecule has 1 fully saturated rings. The molecule has 1 aromatic rings. The molecule has 1 amide bonds. The number of carbonyl (C=O) groups excluding carboxylic acids is 1. The molecule has 22 heavy (non-hydrogen) atoms. The van der Waals surface area contributed by atoms with Crippen LogP contribution in [0, 0.1) is 0 Å². The molecule has 0 bridgehead atoms. The van der Waals surface area contributed by atoms with Crippen LogP contribution in [0.1, 0.15) is 18.4 Å². The number of piperidine rings is 1. The molecule has 1 aromatic carbocycles. The Hall–Kier alpha value is -0.725. The second kappa shape index (κ2) is 6.80. The van der Waals surface area contributed by atoms with Crippen molar-refractivity contribution in [1.82, 2.24) is 4.90 Å². The van der Waals surface area contributed by atoms with E-state index in [4.69, 9.17) is 16.3 Å². The summed E-state index contributed by atoms with van der Waals surface area (Å²) in [6.07, 6.45) is 2.03. The Bertz CT molecular complexity index is 581. The van der Waals surface area contributed by atoms with Gasteiger partial charge in [0.1, 0.15) is 0 Å². The normalized spacial score (nSPS) is 19.3. The Labute approximate surface area is 139 Å². The summed E-state index contributed by atoms with van der Waals surface area (Å²) in [4.78, 5) is 14.5. The first kappa shape index (κ1) is 16.1. The van der Waals surface area contributed by atoms with Crippen LogP contribution < -0.4 is 10.8 Å². The summed E-state index contributed by atoms with van der Waals surface area (Å²) in [5, 5.41) is 13.2. The quantitative estimate of drug-likeness (QED) is 0.806. The molecule has 0 aliphatic carbocycles. The number of hydrogen-bond donors (Lipinski definition) is 2. The van der Waals surface area contributed by atoms with Gasteiger partial charge in [-0.1, -0.05) is 29.4 Å². The van der Waals surface area contributed by atoms with Crippen LogP contribution in [0.2, 0.25) is 5.02 Å². The first-order valence-electron chi connectivity index (χ1n) is 7.31. The van der Waals surface area contributed by atoms with Crippen molar-refractivity contribution in [2.75, 3.05) is 25.5 Å². The first-order chi connectivity index (χ1) is 10.5. The maximum absolute atomic E-state index is 12.2. The lowest BCUT2D eigenvalue weighted by Gasteiger charge is -2.27. The fourth-order valence-electron chi connectivity index (χ4n) is 2.77. The maximum Gasteiger partial charge on any atom is 0.493 e. The summed E-state index contributed by atoms with van der Waals surface area (Å²) >= 11 is 7.62. The molecule has 2 N–H and O–H groups in total. The third kappa shape index (κ3) is 3.44. The zero-order valence-electron chi connectivity index (χ0n) is 12.3. The van der Waals surface area contributed by atoms with Crippen molar-refractivity contribution in [3.05, 3.63) is 22.7 Å². The van der Waals surface area contributed by atoms with Crippen LogP contribution >= 0.6 is 23.4 Å². The summed E-state index contributed by atoms with van der Waals surface area (Å²) in [6, 6.07) is 3.59. The van der Waals surface area contributed by atoms with E-state index in [2.05, 4.69) is 17.3 Å².